The van der Waals surface area contributed by atoms with E-state index in [4.69, 9.17) is 10.6 Å². The van der Waals surface area contributed by atoms with Gasteiger partial charge in [0.1, 0.15) is 0 Å². The number of nitrogens with zero attached hydrogens (tertiary/aromatic N) is 5. The molecule has 1 fully saturated rings. The fourth-order valence-corrected chi connectivity index (χ4v) is 2.19. The zero-order valence-corrected chi connectivity index (χ0v) is 11.8. The quantitative estimate of drug-likeness (QED) is 0.640. The Morgan fingerprint density at radius 3 is 2.76 bits per heavy atom. The SMILES string of the molecule is Cc1ncccc1Oc1nc(NN)nc(N2CCCC2)n1. The number of pyridine rings is 1. The summed E-state index contributed by atoms with van der Waals surface area (Å²) in [5, 5.41) is 0. The van der Waals surface area contributed by atoms with Crippen molar-refractivity contribution in [2.45, 2.75) is 19.8 Å². The highest BCUT2D eigenvalue weighted by molar-refractivity contribution is 5.39. The number of aromatic nitrogens is 4. The number of hydrogen-bond acceptors (Lipinski definition) is 8. The molecule has 1 aliphatic rings. The minimum Gasteiger partial charge on any atom is -0.422 e. The summed E-state index contributed by atoms with van der Waals surface area (Å²) >= 11 is 0. The third-order valence-corrected chi connectivity index (χ3v) is 3.28. The number of nitrogens with two attached hydrogens (primary N) is 1. The summed E-state index contributed by atoms with van der Waals surface area (Å²) in [6.07, 6.45) is 3.97. The van der Waals surface area contributed by atoms with E-state index in [2.05, 4.69) is 30.3 Å². The van der Waals surface area contributed by atoms with E-state index in [0.29, 0.717) is 11.7 Å². The summed E-state index contributed by atoms with van der Waals surface area (Å²) in [5.41, 5.74) is 3.21. The normalized spacial score (nSPS) is 14.3. The lowest BCUT2D eigenvalue weighted by Crippen LogP contribution is -2.22. The Bertz CT molecular complexity index is 628. The Hall–Kier alpha value is -2.48. The van der Waals surface area contributed by atoms with E-state index >= 15 is 0 Å². The van der Waals surface area contributed by atoms with Crippen molar-refractivity contribution in [2.75, 3.05) is 23.4 Å². The monoisotopic (exact) mass is 287 g/mol. The van der Waals surface area contributed by atoms with E-state index in [1.165, 1.54) is 0 Å². The number of hydrazine groups is 1. The fraction of sp³-hybridized carbons (Fsp3) is 0.385. The van der Waals surface area contributed by atoms with Gasteiger partial charge in [-0.25, -0.2) is 5.84 Å². The Balaban J connectivity index is 1.90. The second-order valence-corrected chi connectivity index (χ2v) is 4.77. The molecular formula is C13H17N7O. The zero-order valence-electron chi connectivity index (χ0n) is 11.8. The molecule has 1 saturated heterocycles. The van der Waals surface area contributed by atoms with Gasteiger partial charge in [0.25, 0.3) is 0 Å². The molecule has 2 aromatic rings. The van der Waals surface area contributed by atoms with Gasteiger partial charge in [-0.05, 0) is 31.9 Å². The second-order valence-electron chi connectivity index (χ2n) is 4.77. The highest BCUT2D eigenvalue weighted by Gasteiger charge is 2.18. The molecule has 21 heavy (non-hydrogen) atoms. The summed E-state index contributed by atoms with van der Waals surface area (Å²) in [6.45, 7) is 3.72. The van der Waals surface area contributed by atoms with Crippen molar-refractivity contribution in [3.63, 3.8) is 0 Å². The molecule has 0 radical (unpaired) electrons. The summed E-state index contributed by atoms with van der Waals surface area (Å²) in [5.74, 6) is 6.89. The molecule has 3 N–H and O–H groups in total. The topological polar surface area (TPSA) is 102 Å². The molecule has 0 amide bonds. The molecule has 0 spiro atoms. The van der Waals surface area contributed by atoms with Crippen LogP contribution in [0.2, 0.25) is 0 Å². The van der Waals surface area contributed by atoms with Gasteiger partial charge in [-0.2, -0.15) is 15.0 Å². The third kappa shape index (κ3) is 3.00. The molecule has 3 heterocycles. The molecule has 1 aliphatic heterocycles. The number of hydrogen-bond donors (Lipinski definition) is 2. The fourth-order valence-electron chi connectivity index (χ4n) is 2.19. The molecule has 8 heteroatoms. The van der Waals surface area contributed by atoms with Gasteiger partial charge in [0.2, 0.25) is 11.9 Å². The molecule has 0 aliphatic carbocycles. The van der Waals surface area contributed by atoms with Crippen LogP contribution in [0.3, 0.4) is 0 Å². The lowest BCUT2D eigenvalue weighted by atomic mass is 10.3. The van der Waals surface area contributed by atoms with Crippen molar-refractivity contribution >= 4 is 11.9 Å². The Kier molecular flexibility index (Phi) is 3.78. The minimum atomic E-state index is 0.205. The summed E-state index contributed by atoms with van der Waals surface area (Å²) < 4.78 is 5.70. The Labute approximate surface area is 122 Å². The van der Waals surface area contributed by atoms with Crippen LogP contribution in [-0.4, -0.2) is 33.0 Å². The number of anilines is 2. The minimum absolute atomic E-state index is 0.205. The van der Waals surface area contributed by atoms with E-state index in [1.807, 2.05) is 13.0 Å². The van der Waals surface area contributed by atoms with E-state index in [-0.39, 0.29) is 12.0 Å². The van der Waals surface area contributed by atoms with Gasteiger partial charge >= 0.3 is 6.01 Å². The molecule has 0 bridgehead atoms. The number of nitrogen functional groups attached to an aromatic ring is 1. The zero-order chi connectivity index (χ0) is 14.7. The average Bonchev–Trinajstić information content (AvgIpc) is 3.04. The van der Waals surface area contributed by atoms with Crippen molar-refractivity contribution < 1.29 is 4.74 Å². The predicted molar refractivity (Wildman–Crippen MR) is 78.1 cm³/mol. The second kappa shape index (κ2) is 5.88. The van der Waals surface area contributed by atoms with Crippen LogP contribution in [0.4, 0.5) is 11.9 Å². The van der Waals surface area contributed by atoms with Crippen LogP contribution in [0.25, 0.3) is 0 Å². The van der Waals surface area contributed by atoms with E-state index in [9.17, 15) is 0 Å². The maximum absolute atomic E-state index is 5.70. The summed E-state index contributed by atoms with van der Waals surface area (Å²) in [6, 6.07) is 3.82. The first kappa shape index (κ1) is 13.5. The highest BCUT2D eigenvalue weighted by atomic mass is 16.5. The maximum Gasteiger partial charge on any atom is 0.328 e. The van der Waals surface area contributed by atoms with Crippen molar-refractivity contribution in [3.8, 4) is 11.8 Å². The lowest BCUT2D eigenvalue weighted by molar-refractivity contribution is 0.434. The van der Waals surface area contributed by atoms with Crippen molar-refractivity contribution in [3.05, 3.63) is 24.0 Å². The molecule has 0 aromatic carbocycles. The first-order chi connectivity index (χ1) is 10.3. The Morgan fingerprint density at radius 1 is 1.24 bits per heavy atom. The van der Waals surface area contributed by atoms with Gasteiger partial charge in [-0.15, -0.1) is 0 Å². The van der Waals surface area contributed by atoms with E-state index in [0.717, 1.165) is 31.6 Å². The lowest BCUT2D eigenvalue weighted by Gasteiger charge is -2.16. The van der Waals surface area contributed by atoms with Crippen molar-refractivity contribution in [1.82, 2.24) is 19.9 Å². The number of nitrogens with one attached hydrogen (secondary N) is 1. The van der Waals surface area contributed by atoms with Gasteiger partial charge < -0.3 is 9.64 Å². The van der Waals surface area contributed by atoms with Crippen LogP contribution in [0.15, 0.2) is 18.3 Å². The van der Waals surface area contributed by atoms with Crippen LogP contribution in [0.5, 0.6) is 11.8 Å². The van der Waals surface area contributed by atoms with Gasteiger partial charge in [-0.3, -0.25) is 10.4 Å². The van der Waals surface area contributed by atoms with Crippen molar-refractivity contribution in [2.24, 2.45) is 5.84 Å². The largest absolute Gasteiger partial charge is 0.422 e. The molecule has 0 atom stereocenters. The van der Waals surface area contributed by atoms with Crippen LogP contribution >= 0.6 is 0 Å². The molecule has 2 aromatic heterocycles. The molecule has 0 unspecified atom stereocenters. The average molecular weight is 287 g/mol. The summed E-state index contributed by atoms with van der Waals surface area (Å²) in [7, 11) is 0. The van der Waals surface area contributed by atoms with E-state index < -0.39 is 0 Å². The smallest absolute Gasteiger partial charge is 0.328 e. The standard InChI is InChI=1S/C13H17N7O/c1-9-10(5-4-6-15-9)21-13-17-11(19-14)16-12(18-13)20-7-2-3-8-20/h4-6H,2-3,7-8,14H2,1H3,(H,16,17,18,19). The molecule has 3 rings (SSSR count). The van der Waals surface area contributed by atoms with Crippen LogP contribution in [0, 0.1) is 6.92 Å². The van der Waals surface area contributed by atoms with Gasteiger partial charge in [0.05, 0.1) is 5.69 Å². The molecule has 0 saturated carbocycles. The third-order valence-electron chi connectivity index (χ3n) is 3.28. The summed E-state index contributed by atoms with van der Waals surface area (Å²) in [4.78, 5) is 19.0. The number of aryl methyl sites for hydroxylation is 1. The maximum atomic E-state index is 5.70. The van der Waals surface area contributed by atoms with Crippen molar-refractivity contribution in [1.29, 1.82) is 0 Å². The first-order valence-corrected chi connectivity index (χ1v) is 6.83. The van der Waals surface area contributed by atoms with Gasteiger partial charge in [0, 0.05) is 19.3 Å². The van der Waals surface area contributed by atoms with E-state index in [1.54, 1.807) is 12.3 Å². The van der Waals surface area contributed by atoms with Crippen LogP contribution < -0.4 is 20.9 Å². The van der Waals surface area contributed by atoms with Gasteiger partial charge in [-0.1, -0.05) is 0 Å². The van der Waals surface area contributed by atoms with Gasteiger partial charge in [0.15, 0.2) is 5.75 Å². The number of rotatable bonds is 4. The van der Waals surface area contributed by atoms with Crippen LogP contribution in [-0.2, 0) is 0 Å². The molecule has 8 nitrogen and oxygen atoms in total. The van der Waals surface area contributed by atoms with Crippen LogP contribution in [0.1, 0.15) is 18.5 Å². The predicted octanol–water partition coefficient (Wildman–Crippen LogP) is 1.25. The molecular weight excluding hydrogens is 270 g/mol. The Morgan fingerprint density at radius 2 is 2.05 bits per heavy atom. The first-order valence-electron chi connectivity index (χ1n) is 6.83. The number of ether oxygens (including phenoxy) is 1. The highest BCUT2D eigenvalue weighted by Crippen LogP contribution is 2.24. The molecule has 110 valence electrons.